The number of nitrogens with zero attached hydrogens (tertiary/aromatic N) is 2. The van der Waals surface area contributed by atoms with E-state index in [0.717, 1.165) is 55.1 Å². The van der Waals surface area contributed by atoms with Crippen LogP contribution in [0.3, 0.4) is 0 Å². The number of hydrogen-bond acceptors (Lipinski definition) is 8. The summed E-state index contributed by atoms with van der Waals surface area (Å²) in [6.07, 6.45) is 2.38. The standard InChI is InChI=1S/C32H31ClN2O6S2/c1-39-24-7-8-25(27(33)20-24)26-18-22(4-9-28(26)41-17-14-34-12-15-40-16-13-34)19-29-30(36)35(32(42)43-29)11-10-21-2-5-23(6-3-21)31(37)38/h2-9,18-20H,10-17H2,1H3,(H,37,38)/b29-19-. The Labute approximate surface area is 265 Å². The lowest BCUT2D eigenvalue weighted by molar-refractivity contribution is -0.122. The Kier molecular flexibility index (Phi) is 10.4. The molecule has 43 heavy (non-hydrogen) atoms. The van der Waals surface area contributed by atoms with Crippen molar-refractivity contribution in [2.45, 2.75) is 6.42 Å². The average molecular weight is 639 g/mol. The van der Waals surface area contributed by atoms with Crippen LogP contribution in [0.1, 0.15) is 21.5 Å². The lowest BCUT2D eigenvalue weighted by Gasteiger charge is -2.26. The zero-order chi connectivity index (χ0) is 30.3. The van der Waals surface area contributed by atoms with Crippen LogP contribution < -0.4 is 9.47 Å². The molecule has 11 heteroatoms. The molecule has 5 rings (SSSR count). The summed E-state index contributed by atoms with van der Waals surface area (Å²) in [6.45, 7) is 4.92. The number of halogens is 1. The minimum absolute atomic E-state index is 0.160. The largest absolute Gasteiger partial charge is 0.497 e. The van der Waals surface area contributed by atoms with Gasteiger partial charge in [0.15, 0.2) is 0 Å². The van der Waals surface area contributed by atoms with Gasteiger partial charge in [0.1, 0.15) is 22.4 Å². The van der Waals surface area contributed by atoms with Gasteiger partial charge in [-0.1, -0.05) is 53.8 Å². The van der Waals surface area contributed by atoms with Gasteiger partial charge in [0, 0.05) is 37.3 Å². The van der Waals surface area contributed by atoms with Crippen LogP contribution in [0.2, 0.25) is 5.02 Å². The first kappa shape index (κ1) is 31.0. The minimum Gasteiger partial charge on any atom is -0.497 e. The maximum absolute atomic E-state index is 13.3. The highest BCUT2D eigenvalue weighted by molar-refractivity contribution is 8.26. The zero-order valence-corrected chi connectivity index (χ0v) is 26.0. The highest BCUT2D eigenvalue weighted by Gasteiger charge is 2.31. The molecule has 2 fully saturated rings. The van der Waals surface area contributed by atoms with Crippen LogP contribution in [0.25, 0.3) is 17.2 Å². The second-order valence-electron chi connectivity index (χ2n) is 9.99. The van der Waals surface area contributed by atoms with E-state index in [-0.39, 0.29) is 11.5 Å². The molecule has 0 aromatic heterocycles. The van der Waals surface area contributed by atoms with E-state index >= 15 is 0 Å². The fraction of sp³-hybridized carbons (Fsp3) is 0.281. The molecule has 0 unspecified atom stereocenters. The molecule has 0 aliphatic carbocycles. The van der Waals surface area contributed by atoms with Crippen molar-refractivity contribution in [2.75, 3.05) is 53.1 Å². The van der Waals surface area contributed by atoms with E-state index in [1.165, 1.54) is 11.8 Å². The predicted octanol–water partition coefficient (Wildman–Crippen LogP) is 5.87. The van der Waals surface area contributed by atoms with Crippen LogP contribution in [0, 0.1) is 0 Å². The summed E-state index contributed by atoms with van der Waals surface area (Å²) in [4.78, 5) is 28.9. The number of ether oxygens (including phenoxy) is 3. The summed E-state index contributed by atoms with van der Waals surface area (Å²) < 4.78 is 17.5. The van der Waals surface area contributed by atoms with E-state index in [2.05, 4.69) is 4.90 Å². The minimum atomic E-state index is -0.973. The van der Waals surface area contributed by atoms with Gasteiger partial charge in [-0.05, 0) is 66.1 Å². The van der Waals surface area contributed by atoms with E-state index in [0.29, 0.717) is 45.3 Å². The first-order valence-corrected chi connectivity index (χ1v) is 15.4. The molecule has 8 nitrogen and oxygen atoms in total. The molecule has 224 valence electrons. The van der Waals surface area contributed by atoms with Crippen LogP contribution in [0.4, 0.5) is 0 Å². The number of carbonyl (C=O) groups is 2. The number of carbonyl (C=O) groups excluding carboxylic acids is 1. The molecular formula is C32H31ClN2O6S2. The number of morpholine rings is 1. The third-order valence-corrected chi connectivity index (χ3v) is 8.93. The van der Waals surface area contributed by atoms with Crippen LogP contribution in [0.15, 0.2) is 65.6 Å². The second-order valence-corrected chi connectivity index (χ2v) is 12.1. The quantitative estimate of drug-likeness (QED) is 0.205. The molecule has 0 radical (unpaired) electrons. The summed E-state index contributed by atoms with van der Waals surface area (Å²) in [5.41, 5.74) is 3.56. The molecule has 3 aromatic rings. The van der Waals surface area contributed by atoms with E-state index in [1.807, 2.05) is 36.4 Å². The molecule has 1 N–H and O–H groups in total. The average Bonchev–Trinajstić information content (AvgIpc) is 3.28. The number of amides is 1. The van der Waals surface area contributed by atoms with Gasteiger partial charge in [-0.25, -0.2) is 4.79 Å². The molecule has 0 atom stereocenters. The van der Waals surface area contributed by atoms with Crippen LogP contribution in [-0.2, 0) is 16.0 Å². The predicted molar refractivity (Wildman–Crippen MR) is 173 cm³/mol. The van der Waals surface area contributed by atoms with Crippen molar-refractivity contribution < 1.29 is 28.9 Å². The Morgan fingerprint density at radius 2 is 1.84 bits per heavy atom. The van der Waals surface area contributed by atoms with E-state index in [9.17, 15) is 9.59 Å². The van der Waals surface area contributed by atoms with Crippen molar-refractivity contribution in [3.8, 4) is 22.6 Å². The molecule has 2 heterocycles. The third kappa shape index (κ3) is 7.76. The number of hydrogen-bond donors (Lipinski definition) is 1. The Morgan fingerprint density at radius 3 is 2.53 bits per heavy atom. The molecule has 3 aromatic carbocycles. The molecule has 2 aliphatic heterocycles. The number of aromatic carboxylic acids is 1. The molecule has 2 saturated heterocycles. The van der Waals surface area contributed by atoms with Gasteiger partial charge >= 0.3 is 5.97 Å². The summed E-state index contributed by atoms with van der Waals surface area (Å²) >= 11 is 13.5. The van der Waals surface area contributed by atoms with Crippen LogP contribution in [-0.4, -0.2) is 84.2 Å². The highest BCUT2D eigenvalue weighted by Crippen LogP contribution is 2.39. The maximum atomic E-state index is 13.3. The number of thiocarbonyl (C=S) groups is 1. The van der Waals surface area contributed by atoms with Crippen molar-refractivity contribution in [3.63, 3.8) is 0 Å². The Hall–Kier alpha value is -3.41. The summed E-state index contributed by atoms with van der Waals surface area (Å²) in [5, 5.41) is 9.64. The Morgan fingerprint density at radius 1 is 1.07 bits per heavy atom. The molecule has 1 amide bonds. The molecule has 2 aliphatic rings. The lowest BCUT2D eigenvalue weighted by Crippen LogP contribution is -2.38. The third-order valence-electron chi connectivity index (χ3n) is 7.24. The van der Waals surface area contributed by atoms with Crippen LogP contribution in [0.5, 0.6) is 11.5 Å². The first-order valence-electron chi connectivity index (χ1n) is 13.8. The van der Waals surface area contributed by atoms with Crippen molar-refractivity contribution in [2.24, 2.45) is 0 Å². The smallest absolute Gasteiger partial charge is 0.335 e. The number of benzene rings is 3. The van der Waals surface area contributed by atoms with Gasteiger partial charge in [-0.2, -0.15) is 0 Å². The van der Waals surface area contributed by atoms with Gasteiger partial charge in [0.2, 0.25) is 0 Å². The van der Waals surface area contributed by atoms with Gasteiger partial charge < -0.3 is 19.3 Å². The maximum Gasteiger partial charge on any atom is 0.335 e. The number of carboxylic acids is 1. The van der Waals surface area contributed by atoms with Gasteiger partial charge in [0.05, 0.1) is 35.8 Å². The van der Waals surface area contributed by atoms with Crippen molar-refractivity contribution in [1.29, 1.82) is 0 Å². The lowest BCUT2D eigenvalue weighted by atomic mass is 10.0. The number of carboxylic acid groups (broad SMARTS) is 1. The molecular weight excluding hydrogens is 608 g/mol. The van der Waals surface area contributed by atoms with Gasteiger partial charge in [-0.3, -0.25) is 14.6 Å². The molecule has 0 bridgehead atoms. The fourth-order valence-electron chi connectivity index (χ4n) is 4.82. The normalized spacial score (nSPS) is 16.6. The monoisotopic (exact) mass is 638 g/mol. The van der Waals surface area contributed by atoms with Gasteiger partial charge in [-0.15, -0.1) is 0 Å². The second kappa shape index (κ2) is 14.4. The molecule has 0 saturated carbocycles. The summed E-state index contributed by atoms with van der Waals surface area (Å²) in [5.74, 6) is 0.214. The SMILES string of the molecule is COc1ccc(-c2cc(/C=C3\SC(=S)N(CCc4ccc(C(=O)O)cc4)C3=O)ccc2OCCN2CCOCC2)c(Cl)c1. The fourth-order valence-corrected chi connectivity index (χ4v) is 6.40. The van der Waals surface area contributed by atoms with E-state index in [1.54, 1.807) is 42.3 Å². The number of thioether (sulfide) groups is 1. The number of methoxy groups -OCH3 is 1. The highest BCUT2D eigenvalue weighted by atomic mass is 35.5. The molecule has 0 spiro atoms. The Balaban J connectivity index is 1.34. The van der Waals surface area contributed by atoms with Crippen molar-refractivity contribution >= 4 is 57.9 Å². The summed E-state index contributed by atoms with van der Waals surface area (Å²) in [7, 11) is 1.59. The zero-order valence-electron chi connectivity index (χ0n) is 23.6. The van der Waals surface area contributed by atoms with Crippen molar-refractivity contribution in [3.05, 3.63) is 87.3 Å². The first-order chi connectivity index (χ1) is 20.8. The number of rotatable bonds is 11. The van der Waals surface area contributed by atoms with Crippen LogP contribution >= 0.6 is 35.6 Å². The van der Waals surface area contributed by atoms with Gasteiger partial charge in [0.25, 0.3) is 5.91 Å². The Bertz CT molecular complexity index is 1540. The van der Waals surface area contributed by atoms with E-state index in [4.69, 9.17) is 43.1 Å². The van der Waals surface area contributed by atoms with Crippen molar-refractivity contribution in [1.82, 2.24) is 9.80 Å². The van der Waals surface area contributed by atoms with E-state index < -0.39 is 5.97 Å². The summed E-state index contributed by atoms with van der Waals surface area (Å²) in [6, 6.07) is 17.9. The topological polar surface area (TPSA) is 88.5 Å².